The Hall–Kier alpha value is -2.47. The molecule has 0 saturated heterocycles. The molecule has 0 aliphatic carbocycles. The molecule has 0 fully saturated rings. The lowest BCUT2D eigenvalue weighted by molar-refractivity contribution is 0.0785. The van der Waals surface area contributed by atoms with E-state index in [1.54, 1.807) is 31.4 Å². The Morgan fingerprint density at radius 1 is 1.45 bits per heavy atom. The quantitative estimate of drug-likeness (QED) is 0.658. The summed E-state index contributed by atoms with van der Waals surface area (Å²) >= 11 is 0. The van der Waals surface area contributed by atoms with E-state index in [0.29, 0.717) is 23.4 Å². The van der Waals surface area contributed by atoms with E-state index in [1.165, 1.54) is 23.2 Å². The van der Waals surface area contributed by atoms with E-state index in [9.17, 15) is 9.18 Å². The number of carbonyl (C=O) groups excluding carboxylic acids is 1. The third kappa shape index (κ3) is 3.10. The second-order valence-electron chi connectivity index (χ2n) is 4.36. The number of carbonyl (C=O) groups is 1. The smallest absolute Gasteiger partial charge is 0.257 e. The van der Waals surface area contributed by atoms with Gasteiger partial charge in [0.2, 0.25) is 0 Å². The maximum Gasteiger partial charge on any atom is 0.257 e. The van der Waals surface area contributed by atoms with Crippen molar-refractivity contribution < 1.29 is 9.18 Å². The van der Waals surface area contributed by atoms with Gasteiger partial charge < -0.3 is 10.3 Å². The number of nitrogens with two attached hydrogens (primary N) is 1. The first-order valence-corrected chi connectivity index (χ1v) is 6.02. The zero-order valence-electron chi connectivity index (χ0n) is 11.0. The van der Waals surface area contributed by atoms with Crippen molar-refractivity contribution in [2.24, 2.45) is 5.84 Å². The topological polar surface area (TPSA) is 71.2 Å². The van der Waals surface area contributed by atoms with E-state index in [2.05, 4.69) is 10.4 Å². The average Bonchev–Trinajstić information content (AvgIpc) is 2.46. The summed E-state index contributed by atoms with van der Waals surface area (Å²) in [6.45, 7) is 0.301. The van der Waals surface area contributed by atoms with Crippen molar-refractivity contribution in [1.82, 2.24) is 9.88 Å². The van der Waals surface area contributed by atoms with Crippen molar-refractivity contribution in [3.63, 3.8) is 0 Å². The molecule has 6 heteroatoms. The number of amides is 1. The number of rotatable bonds is 4. The van der Waals surface area contributed by atoms with Crippen LogP contribution in [-0.2, 0) is 6.54 Å². The predicted molar refractivity (Wildman–Crippen MR) is 74.2 cm³/mol. The van der Waals surface area contributed by atoms with Gasteiger partial charge in [-0.15, -0.1) is 0 Å². The number of hydrogen-bond donors (Lipinski definition) is 2. The molecule has 104 valence electrons. The SMILES string of the molecule is CN(Cc1cccc(F)c1)C(=O)c1cnccc1NN. The summed E-state index contributed by atoms with van der Waals surface area (Å²) < 4.78 is 13.1. The Kier molecular flexibility index (Phi) is 4.27. The summed E-state index contributed by atoms with van der Waals surface area (Å²) in [5, 5.41) is 0. The van der Waals surface area contributed by atoms with Crippen LogP contribution in [0, 0.1) is 5.82 Å². The Balaban J connectivity index is 2.16. The monoisotopic (exact) mass is 274 g/mol. The van der Waals surface area contributed by atoms with Crippen LogP contribution in [0.15, 0.2) is 42.7 Å². The van der Waals surface area contributed by atoms with E-state index in [1.807, 2.05) is 0 Å². The second-order valence-corrected chi connectivity index (χ2v) is 4.36. The molecule has 0 bridgehead atoms. The second kappa shape index (κ2) is 6.12. The number of hydrazine groups is 1. The van der Waals surface area contributed by atoms with Crippen molar-refractivity contribution in [1.29, 1.82) is 0 Å². The zero-order valence-corrected chi connectivity index (χ0v) is 11.0. The summed E-state index contributed by atoms with van der Waals surface area (Å²) in [4.78, 5) is 17.7. The maximum absolute atomic E-state index is 13.1. The van der Waals surface area contributed by atoms with Crippen LogP contribution >= 0.6 is 0 Å². The molecule has 0 atom stereocenters. The van der Waals surface area contributed by atoms with Crippen molar-refractivity contribution in [3.05, 3.63) is 59.7 Å². The van der Waals surface area contributed by atoms with Gasteiger partial charge in [-0.3, -0.25) is 15.6 Å². The molecule has 5 nitrogen and oxygen atoms in total. The molecule has 1 aromatic heterocycles. The van der Waals surface area contributed by atoms with Gasteiger partial charge in [-0.2, -0.15) is 0 Å². The highest BCUT2D eigenvalue weighted by Crippen LogP contribution is 2.15. The Morgan fingerprint density at radius 2 is 2.25 bits per heavy atom. The number of aromatic nitrogens is 1. The van der Waals surface area contributed by atoms with E-state index in [-0.39, 0.29) is 11.7 Å². The number of hydrogen-bond acceptors (Lipinski definition) is 4. The fraction of sp³-hybridized carbons (Fsp3) is 0.143. The van der Waals surface area contributed by atoms with Crippen LogP contribution in [0.1, 0.15) is 15.9 Å². The highest BCUT2D eigenvalue weighted by molar-refractivity contribution is 5.99. The molecule has 1 heterocycles. The van der Waals surface area contributed by atoms with Gasteiger partial charge in [-0.1, -0.05) is 12.1 Å². The van der Waals surface area contributed by atoms with Crippen molar-refractivity contribution in [2.75, 3.05) is 12.5 Å². The lowest BCUT2D eigenvalue weighted by Gasteiger charge is -2.18. The van der Waals surface area contributed by atoms with E-state index >= 15 is 0 Å². The number of nitrogen functional groups attached to an aromatic ring is 1. The van der Waals surface area contributed by atoms with Crippen molar-refractivity contribution in [2.45, 2.75) is 6.54 Å². The number of halogens is 1. The third-order valence-electron chi connectivity index (χ3n) is 2.86. The molecular weight excluding hydrogens is 259 g/mol. The summed E-state index contributed by atoms with van der Waals surface area (Å²) in [6.07, 6.45) is 2.98. The number of anilines is 1. The lowest BCUT2D eigenvalue weighted by Crippen LogP contribution is -2.27. The number of pyridine rings is 1. The fourth-order valence-corrected chi connectivity index (χ4v) is 1.88. The first-order valence-electron chi connectivity index (χ1n) is 6.02. The molecule has 0 aliphatic heterocycles. The van der Waals surface area contributed by atoms with Gasteiger partial charge in [-0.05, 0) is 23.8 Å². The molecule has 1 amide bonds. The fourth-order valence-electron chi connectivity index (χ4n) is 1.88. The molecule has 0 aliphatic rings. The van der Waals surface area contributed by atoms with Gasteiger partial charge in [0.15, 0.2) is 0 Å². The summed E-state index contributed by atoms with van der Waals surface area (Å²) in [5.41, 5.74) is 4.04. The summed E-state index contributed by atoms with van der Waals surface area (Å²) in [7, 11) is 1.64. The van der Waals surface area contributed by atoms with Gasteiger partial charge >= 0.3 is 0 Å². The van der Waals surface area contributed by atoms with Gasteiger partial charge in [0.1, 0.15) is 5.82 Å². The molecule has 1 aromatic carbocycles. The Morgan fingerprint density at radius 3 is 2.95 bits per heavy atom. The molecular formula is C14H15FN4O. The summed E-state index contributed by atoms with van der Waals surface area (Å²) in [6, 6.07) is 7.75. The van der Waals surface area contributed by atoms with Crippen LogP contribution in [0.25, 0.3) is 0 Å². The highest BCUT2D eigenvalue weighted by atomic mass is 19.1. The normalized spacial score (nSPS) is 10.2. The number of nitrogens with one attached hydrogen (secondary N) is 1. The highest BCUT2D eigenvalue weighted by Gasteiger charge is 2.16. The van der Waals surface area contributed by atoms with Crippen LogP contribution in [-0.4, -0.2) is 22.8 Å². The third-order valence-corrected chi connectivity index (χ3v) is 2.86. The maximum atomic E-state index is 13.1. The van der Waals surface area contributed by atoms with E-state index in [4.69, 9.17) is 5.84 Å². The van der Waals surface area contributed by atoms with Crippen LogP contribution < -0.4 is 11.3 Å². The largest absolute Gasteiger partial charge is 0.337 e. The molecule has 0 spiro atoms. The molecule has 2 rings (SSSR count). The molecule has 2 aromatic rings. The standard InChI is InChI=1S/C14H15FN4O/c1-19(9-10-3-2-4-11(15)7-10)14(20)12-8-17-6-5-13(12)18-16/h2-8H,9,16H2,1H3,(H,17,18). The minimum Gasteiger partial charge on any atom is -0.337 e. The molecule has 20 heavy (non-hydrogen) atoms. The lowest BCUT2D eigenvalue weighted by atomic mass is 10.1. The Labute approximate surface area is 116 Å². The average molecular weight is 274 g/mol. The summed E-state index contributed by atoms with van der Waals surface area (Å²) in [5.74, 6) is 4.80. The van der Waals surface area contributed by atoms with Crippen LogP contribution in [0.3, 0.4) is 0 Å². The van der Waals surface area contributed by atoms with E-state index in [0.717, 1.165) is 0 Å². The first kappa shape index (κ1) is 14.0. The first-order chi connectivity index (χ1) is 9.61. The molecule has 3 N–H and O–H groups in total. The molecule has 0 saturated carbocycles. The van der Waals surface area contributed by atoms with Gasteiger partial charge in [0.05, 0.1) is 11.3 Å². The minimum absolute atomic E-state index is 0.240. The Bertz CT molecular complexity index is 618. The van der Waals surface area contributed by atoms with Crippen LogP contribution in [0.2, 0.25) is 0 Å². The van der Waals surface area contributed by atoms with E-state index < -0.39 is 0 Å². The number of benzene rings is 1. The molecule has 0 unspecified atom stereocenters. The minimum atomic E-state index is -0.325. The predicted octanol–water partition coefficient (Wildman–Crippen LogP) is 1.78. The van der Waals surface area contributed by atoms with Crippen LogP contribution in [0.4, 0.5) is 10.1 Å². The zero-order chi connectivity index (χ0) is 14.5. The van der Waals surface area contributed by atoms with Gasteiger partial charge in [0.25, 0.3) is 5.91 Å². The molecule has 0 radical (unpaired) electrons. The van der Waals surface area contributed by atoms with Crippen molar-refractivity contribution in [3.8, 4) is 0 Å². The van der Waals surface area contributed by atoms with Crippen LogP contribution in [0.5, 0.6) is 0 Å². The van der Waals surface area contributed by atoms with Gasteiger partial charge in [-0.25, -0.2) is 4.39 Å². The van der Waals surface area contributed by atoms with Crippen molar-refractivity contribution >= 4 is 11.6 Å². The van der Waals surface area contributed by atoms with Gasteiger partial charge in [0, 0.05) is 26.0 Å². The number of nitrogens with zero attached hydrogens (tertiary/aromatic N) is 2.